The highest BCUT2D eigenvalue weighted by Crippen LogP contribution is 2.33. The Kier molecular flexibility index (Phi) is 3.14. The van der Waals surface area contributed by atoms with Crippen molar-refractivity contribution in [3.63, 3.8) is 0 Å². The molecule has 1 unspecified atom stereocenters. The Morgan fingerprint density at radius 1 is 1.47 bits per heavy atom. The average Bonchev–Trinajstić information content (AvgIpc) is 2.67. The van der Waals surface area contributed by atoms with Crippen molar-refractivity contribution in [1.29, 1.82) is 0 Å². The zero-order valence-electron chi connectivity index (χ0n) is 9.45. The molecule has 0 fully saturated rings. The lowest BCUT2D eigenvalue weighted by atomic mass is 10.1. The first-order chi connectivity index (χ1) is 7.33. The van der Waals surface area contributed by atoms with Gasteiger partial charge in [-0.15, -0.1) is 0 Å². The SMILES string of the molecule is CCCCC1Cc2cc(OC)ccc2O1. The Balaban J connectivity index is 2.03. The first kappa shape index (κ1) is 10.3. The van der Waals surface area contributed by atoms with Gasteiger partial charge in [0.1, 0.15) is 17.6 Å². The van der Waals surface area contributed by atoms with E-state index in [1.54, 1.807) is 7.11 Å². The molecule has 0 amide bonds. The molecule has 2 heteroatoms. The lowest BCUT2D eigenvalue weighted by molar-refractivity contribution is 0.217. The molecule has 1 atom stereocenters. The molecule has 0 saturated carbocycles. The fourth-order valence-corrected chi connectivity index (χ4v) is 2.02. The molecule has 0 saturated heterocycles. The maximum absolute atomic E-state index is 5.85. The summed E-state index contributed by atoms with van der Waals surface area (Å²) in [6, 6.07) is 6.06. The zero-order chi connectivity index (χ0) is 10.7. The van der Waals surface area contributed by atoms with E-state index in [0.29, 0.717) is 6.10 Å². The molecule has 2 rings (SSSR count). The summed E-state index contributed by atoms with van der Waals surface area (Å²) in [5.41, 5.74) is 1.29. The third-order valence-corrected chi connectivity index (χ3v) is 2.89. The molecule has 0 spiro atoms. The van der Waals surface area contributed by atoms with Crippen molar-refractivity contribution in [3.05, 3.63) is 23.8 Å². The summed E-state index contributed by atoms with van der Waals surface area (Å²) in [5.74, 6) is 1.96. The van der Waals surface area contributed by atoms with Crippen LogP contribution in [0, 0.1) is 0 Å². The van der Waals surface area contributed by atoms with Gasteiger partial charge in [-0.25, -0.2) is 0 Å². The third-order valence-electron chi connectivity index (χ3n) is 2.89. The Hall–Kier alpha value is -1.18. The van der Waals surface area contributed by atoms with Crippen molar-refractivity contribution < 1.29 is 9.47 Å². The number of hydrogen-bond donors (Lipinski definition) is 0. The lowest BCUT2D eigenvalue weighted by Gasteiger charge is -2.08. The quantitative estimate of drug-likeness (QED) is 0.753. The molecule has 15 heavy (non-hydrogen) atoms. The van der Waals surface area contributed by atoms with Gasteiger partial charge in [-0.1, -0.05) is 19.8 Å². The van der Waals surface area contributed by atoms with Crippen molar-refractivity contribution in [2.45, 2.75) is 38.7 Å². The Morgan fingerprint density at radius 2 is 2.33 bits per heavy atom. The van der Waals surface area contributed by atoms with Gasteiger partial charge < -0.3 is 9.47 Å². The van der Waals surface area contributed by atoms with Crippen LogP contribution in [0.15, 0.2) is 18.2 Å². The average molecular weight is 206 g/mol. The summed E-state index contributed by atoms with van der Waals surface area (Å²) >= 11 is 0. The maximum atomic E-state index is 5.85. The van der Waals surface area contributed by atoms with E-state index in [2.05, 4.69) is 13.0 Å². The van der Waals surface area contributed by atoms with E-state index in [4.69, 9.17) is 9.47 Å². The molecule has 2 nitrogen and oxygen atoms in total. The van der Waals surface area contributed by atoms with Gasteiger partial charge in [0.25, 0.3) is 0 Å². The standard InChI is InChI=1S/C13H18O2/c1-3-4-5-12-9-10-8-11(14-2)6-7-13(10)15-12/h6-8,12H,3-5,9H2,1-2H3. The summed E-state index contributed by atoms with van der Waals surface area (Å²) in [5, 5.41) is 0. The lowest BCUT2D eigenvalue weighted by Crippen LogP contribution is -2.12. The highest BCUT2D eigenvalue weighted by atomic mass is 16.5. The molecule has 1 heterocycles. The highest BCUT2D eigenvalue weighted by Gasteiger charge is 2.22. The maximum Gasteiger partial charge on any atom is 0.123 e. The van der Waals surface area contributed by atoms with E-state index in [9.17, 15) is 0 Å². The van der Waals surface area contributed by atoms with Crippen LogP contribution in [-0.4, -0.2) is 13.2 Å². The molecule has 1 aromatic rings. The number of rotatable bonds is 4. The predicted molar refractivity (Wildman–Crippen MR) is 60.6 cm³/mol. The number of unbranched alkanes of at least 4 members (excludes halogenated alkanes) is 1. The monoisotopic (exact) mass is 206 g/mol. The molecule has 0 aliphatic carbocycles. The van der Waals surface area contributed by atoms with Crippen LogP contribution in [0.5, 0.6) is 11.5 Å². The molecular formula is C13H18O2. The first-order valence-electron chi connectivity index (χ1n) is 5.67. The fourth-order valence-electron chi connectivity index (χ4n) is 2.02. The second-order valence-corrected chi connectivity index (χ2v) is 4.06. The molecule has 0 aromatic heterocycles. The van der Waals surface area contributed by atoms with Crippen LogP contribution < -0.4 is 9.47 Å². The molecule has 1 aromatic carbocycles. The van der Waals surface area contributed by atoms with Crippen LogP contribution >= 0.6 is 0 Å². The molecule has 0 bridgehead atoms. The van der Waals surface area contributed by atoms with Gasteiger partial charge in [0.15, 0.2) is 0 Å². The van der Waals surface area contributed by atoms with Crippen molar-refractivity contribution in [2.24, 2.45) is 0 Å². The van der Waals surface area contributed by atoms with Gasteiger partial charge in [0.2, 0.25) is 0 Å². The van der Waals surface area contributed by atoms with Gasteiger partial charge in [-0.3, -0.25) is 0 Å². The summed E-state index contributed by atoms with van der Waals surface area (Å²) in [7, 11) is 1.70. The molecule has 0 radical (unpaired) electrons. The van der Waals surface area contributed by atoms with Crippen LogP contribution in [0.4, 0.5) is 0 Å². The third kappa shape index (κ3) is 2.25. The topological polar surface area (TPSA) is 18.5 Å². The van der Waals surface area contributed by atoms with Crippen molar-refractivity contribution in [2.75, 3.05) is 7.11 Å². The second kappa shape index (κ2) is 4.56. The second-order valence-electron chi connectivity index (χ2n) is 4.06. The predicted octanol–water partition coefficient (Wildman–Crippen LogP) is 3.19. The zero-order valence-corrected chi connectivity index (χ0v) is 9.45. The highest BCUT2D eigenvalue weighted by molar-refractivity contribution is 5.43. The summed E-state index contributed by atoms with van der Waals surface area (Å²) in [6.07, 6.45) is 5.06. The van der Waals surface area contributed by atoms with E-state index in [1.165, 1.54) is 18.4 Å². The van der Waals surface area contributed by atoms with E-state index in [0.717, 1.165) is 24.3 Å². The minimum absolute atomic E-state index is 0.382. The molecule has 1 aliphatic rings. The van der Waals surface area contributed by atoms with E-state index in [-0.39, 0.29) is 0 Å². The normalized spacial score (nSPS) is 18.4. The van der Waals surface area contributed by atoms with Crippen LogP contribution in [-0.2, 0) is 6.42 Å². The Morgan fingerprint density at radius 3 is 3.07 bits per heavy atom. The summed E-state index contributed by atoms with van der Waals surface area (Å²) < 4.78 is 11.1. The summed E-state index contributed by atoms with van der Waals surface area (Å²) in [4.78, 5) is 0. The van der Waals surface area contributed by atoms with Gasteiger partial charge in [0, 0.05) is 12.0 Å². The van der Waals surface area contributed by atoms with Gasteiger partial charge >= 0.3 is 0 Å². The van der Waals surface area contributed by atoms with Gasteiger partial charge in [0.05, 0.1) is 7.11 Å². The largest absolute Gasteiger partial charge is 0.497 e. The number of benzene rings is 1. The van der Waals surface area contributed by atoms with Crippen molar-refractivity contribution in [3.8, 4) is 11.5 Å². The van der Waals surface area contributed by atoms with Crippen molar-refractivity contribution >= 4 is 0 Å². The van der Waals surface area contributed by atoms with Crippen LogP contribution in [0.2, 0.25) is 0 Å². The van der Waals surface area contributed by atoms with Crippen LogP contribution in [0.3, 0.4) is 0 Å². The minimum atomic E-state index is 0.382. The summed E-state index contributed by atoms with van der Waals surface area (Å²) in [6.45, 7) is 2.21. The van der Waals surface area contributed by atoms with Crippen LogP contribution in [0.25, 0.3) is 0 Å². The fraction of sp³-hybridized carbons (Fsp3) is 0.538. The number of ether oxygens (including phenoxy) is 2. The number of fused-ring (bicyclic) bond motifs is 1. The first-order valence-corrected chi connectivity index (χ1v) is 5.67. The molecule has 1 aliphatic heterocycles. The smallest absolute Gasteiger partial charge is 0.123 e. The van der Waals surface area contributed by atoms with Gasteiger partial charge in [-0.05, 0) is 24.6 Å². The Bertz CT molecular complexity index is 333. The Labute approximate surface area is 91.2 Å². The molecule has 0 N–H and O–H groups in total. The van der Waals surface area contributed by atoms with E-state index < -0.39 is 0 Å². The van der Waals surface area contributed by atoms with Crippen LogP contribution in [0.1, 0.15) is 31.7 Å². The minimum Gasteiger partial charge on any atom is -0.497 e. The molecule has 82 valence electrons. The number of methoxy groups -OCH3 is 1. The van der Waals surface area contributed by atoms with Crippen molar-refractivity contribution in [1.82, 2.24) is 0 Å². The number of hydrogen-bond acceptors (Lipinski definition) is 2. The van der Waals surface area contributed by atoms with E-state index >= 15 is 0 Å². The van der Waals surface area contributed by atoms with E-state index in [1.807, 2.05) is 12.1 Å². The van der Waals surface area contributed by atoms with Gasteiger partial charge in [-0.2, -0.15) is 0 Å². The molecular weight excluding hydrogens is 188 g/mol.